The average molecular weight is 276 g/mol. The van der Waals surface area contributed by atoms with E-state index in [1.54, 1.807) is 0 Å². The first kappa shape index (κ1) is 13.4. The van der Waals surface area contributed by atoms with E-state index in [1.165, 1.54) is 19.3 Å². The van der Waals surface area contributed by atoms with Crippen LogP contribution in [0.3, 0.4) is 0 Å². The van der Waals surface area contributed by atoms with Crippen molar-refractivity contribution in [3.05, 3.63) is 11.6 Å². The SMILES string of the molecule is CCN=C(NC1CCC1)NC1CCCn2nc(C)nc21. The third kappa shape index (κ3) is 2.78. The van der Waals surface area contributed by atoms with Crippen LogP contribution in [0.5, 0.6) is 0 Å². The minimum absolute atomic E-state index is 0.225. The topological polar surface area (TPSA) is 67.1 Å². The predicted molar refractivity (Wildman–Crippen MR) is 78.6 cm³/mol. The zero-order valence-corrected chi connectivity index (χ0v) is 12.4. The van der Waals surface area contributed by atoms with Gasteiger partial charge in [0.05, 0.1) is 6.04 Å². The number of aryl methyl sites for hydroxylation is 2. The summed E-state index contributed by atoms with van der Waals surface area (Å²) in [6, 6.07) is 0.818. The summed E-state index contributed by atoms with van der Waals surface area (Å²) >= 11 is 0. The minimum atomic E-state index is 0.225. The van der Waals surface area contributed by atoms with Crippen LogP contribution < -0.4 is 10.6 Å². The molecule has 1 aliphatic heterocycles. The Kier molecular flexibility index (Phi) is 3.89. The molecule has 2 heterocycles. The van der Waals surface area contributed by atoms with Crippen molar-refractivity contribution in [2.75, 3.05) is 6.54 Å². The van der Waals surface area contributed by atoms with Crippen LogP contribution in [0.1, 0.15) is 56.7 Å². The molecule has 1 aliphatic carbocycles. The number of hydrogen-bond donors (Lipinski definition) is 2. The lowest BCUT2D eigenvalue weighted by molar-refractivity contribution is 0.366. The van der Waals surface area contributed by atoms with Gasteiger partial charge in [-0.3, -0.25) is 4.99 Å². The molecule has 0 saturated heterocycles. The van der Waals surface area contributed by atoms with Gasteiger partial charge in [0.25, 0.3) is 0 Å². The Morgan fingerprint density at radius 3 is 2.85 bits per heavy atom. The molecule has 1 unspecified atom stereocenters. The highest BCUT2D eigenvalue weighted by molar-refractivity contribution is 5.80. The summed E-state index contributed by atoms with van der Waals surface area (Å²) in [5.41, 5.74) is 0. The number of rotatable bonds is 3. The van der Waals surface area contributed by atoms with Gasteiger partial charge in [-0.25, -0.2) is 9.67 Å². The molecule has 0 amide bonds. The van der Waals surface area contributed by atoms with Crippen molar-refractivity contribution in [2.24, 2.45) is 4.99 Å². The normalized spacial score (nSPS) is 23.1. The third-order valence-electron chi connectivity index (χ3n) is 4.05. The highest BCUT2D eigenvalue weighted by Crippen LogP contribution is 2.23. The molecule has 20 heavy (non-hydrogen) atoms. The molecule has 0 spiro atoms. The van der Waals surface area contributed by atoms with E-state index in [1.807, 2.05) is 11.6 Å². The van der Waals surface area contributed by atoms with Crippen molar-refractivity contribution in [1.29, 1.82) is 0 Å². The average Bonchev–Trinajstić information content (AvgIpc) is 2.75. The van der Waals surface area contributed by atoms with Gasteiger partial charge in [-0.1, -0.05) is 0 Å². The predicted octanol–water partition coefficient (Wildman–Crippen LogP) is 1.53. The van der Waals surface area contributed by atoms with Crippen LogP contribution in [0.2, 0.25) is 0 Å². The maximum Gasteiger partial charge on any atom is 0.192 e. The number of aromatic nitrogens is 3. The van der Waals surface area contributed by atoms with Gasteiger partial charge in [-0.2, -0.15) is 5.10 Å². The smallest absolute Gasteiger partial charge is 0.192 e. The molecule has 0 radical (unpaired) electrons. The molecule has 1 fully saturated rings. The second-order valence-electron chi connectivity index (χ2n) is 5.67. The van der Waals surface area contributed by atoms with E-state index in [2.05, 4.69) is 32.6 Å². The third-order valence-corrected chi connectivity index (χ3v) is 4.05. The van der Waals surface area contributed by atoms with Crippen molar-refractivity contribution in [3.8, 4) is 0 Å². The van der Waals surface area contributed by atoms with Crippen LogP contribution in [0.4, 0.5) is 0 Å². The Morgan fingerprint density at radius 1 is 1.30 bits per heavy atom. The number of fused-ring (bicyclic) bond motifs is 1. The van der Waals surface area contributed by atoms with Crippen molar-refractivity contribution in [1.82, 2.24) is 25.4 Å². The first-order valence-electron chi connectivity index (χ1n) is 7.75. The molecule has 6 nitrogen and oxygen atoms in total. The number of guanidine groups is 1. The summed E-state index contributed by atoms with van der Waals surface area (Å²) in [4.78, 5) is 9.12. The monoisotopic (exact) mass is 276 g/mol. The largest absolute Gasteiger partial charge is 0.354 e. The Morgan fingerprint density at radius 2 is 2.15 bits per heavy atom. The Labute approximate surface area is 120 Å². The van der Waals surface area contributed by atoms with Gasteiger partial charge >= 0.3 is 0 Å². The molecule has 2 aliphatic rings. The number of aliphatic imine (C=N–C) groups is 1. The van der Waals surface area contributed by atoms with Crippen molar-refractivity contribution >= 4 is 5.96 Å². The van der Waals surface area contributed by atoms with Gasteiger partial charge in [-0.05, 0) is 46.0 Å². The molecular weight excluding hydrogens is 252 g/mol. The van der Waals surface area contributed by atoms with Crippen molar-refractivity contribution in [2.45, 2.75) is 64.6 Å². The number of nitrogens with zero attached hydrogens (tertiary/aromatic N) is 4. The molecule has 1 aromatic heterocycles. The molecular formula is C14H24N6. The maximum atomic E-state index is 4.57. The molecule has 3 rings (SSSR count). The molecule has 0 bridgehead atoms. The fourth-order valence-corrected chi connectivity index (χ4v) is 2.81. The molecule has 1 atom stereocenters. The van der Waals surface area contributed by atoms with Gasteiger partial charge in [-0.15, -0.1) is 0 Å². The zero-order valence-electron chi connectivity index (χ0n) is 12.4. The summed E-state index contributed by atoms with van der Waals surface area (Å²) in [7, 11) is 0. The summed E-state index contributed by atoms with van der Waals surface area (Å²) in [5, 5.41) is 11.5. The lowest BCUT2D eigenvalue weighted by Gasteiger charge is -2.31. The van der Waals surface area contributed by atoms with Crippen LogP contribution in [0.15, 0.2) is 4.99 Å². The highest BCUT2D eigenvalue weighted by Gasteiger charge is 2.26. The Bertz CT molecular complexity index is 488. The molecule has 1 saturated carbocycles. The van der Waals surface area contributed by atoms with E-state index in [0.717, 1.165) is 43.5 Å². The number of hydrogen-bond acceptors (Lipinski definition) is 3. The Hall–Kier alpha value is -1.59. The minimum Gasteiger partial charge on any atom is -0.354 e. The van der Waals surface area contributed by atoms with Crippen molar-refractivity contribution in [3.63, 3.8) is 0 Å². The van der Waals surface area contributed by atoms with E-state index in [9.17, 15) is 0 Å². The fourth-order valence-electron chi connectivity index (χ4n) is 2.81. The number of nitrogens with one attached hydrogen (secondary N) is 2. The fraction of sp³-hybridized carbons (Fsp3) is 0.786. The molecule has 1 aromatic rings. The van der Waals surface area contributed by atoms with Gasteiger partial charge in [0.1, 0.15) is 11.6 Å². The first-order valence-corrected chi connectivity index (χ1v) is 7.75. The maximum absolute atomic E-state index is 4.57. The second-order valence-corrected chi connectivity index (χ2v) is 5.67. The quantitative estimate of drug-likeness (QED) is 0.649. The molecule has 0 aromatic carbocycles. The molecule has 6 heteroatoms. The second kappa shape index (κ2) is 5.81. The van der Waals surface area contributed by atoms with E-state index >= 15 is 0 Å². The van der Waals surface area contributed by atoms with E-state index in [4.69, 9.17) is 0 Å². The van der Waals surface area contributed by atoms with Gasteiger partial charge in [0, 0.05) is 19.1 Å². The molecule has 110 valence electrons. The van der Waals surface area contributed by atoms with Gasteiger partial charge in [0.15, 0.2) is 5.96 Å². The van der Waals surface area contributed by atoms with Crippen molar-refractivity contribution < 1.29 is 0 Å². The van der Waals surface area contributed by atoms with Crippen LogP contribution in [-0.4, -0.2) is 33.3 Å². The summed E-state index contributed by atoms with van der Waals surface area (Å²) in [5.74, 6) is 2.83. The van der Waals surface area contributed by atoms with E-state index in [-0.39, 0.29) is 6.04 Å². The first-order chi connectivity index (χ1) is 9.76. The lowest BCUT2D eigenvalue weighted by atomic mass is 9.93. The van der Waals surface area contributed by atoms with Crippen LogP contribution in [-0.2, 0) is 6.54 Å². The van der Waals surface area contributed by atoms with Gasteiger partial charge in [0.2, 0.25) is 0 Å². The van der Waals surface area contributed by atoms with Gasteiger partial charge < -0.3 is 10.6 Å². The lowest BCUT2D eigenvalue weighted by Crippen LogP contribution is -2.48. The summed E-state index contributed by atoms with van der Waals surface area (Å²) < 4.78 is 2.03. The standard InChI is InChI=1S/C14H24N6/c1-3-15-14(17-11-6-4-7-11)18-12-8-5-9-20-13(12)16-10(2)19-20/h11-12H,3-9H2,1-2H3,(H2,15,17,18). The zero-order chi connectivity index (χ0) is 13.9. The van der Waals surface area contributed by atoms with Crippen LogP contribution in [0, 0.1) is 6.92 Å². The van der Waals surface area contributed by atoms with Crippen LogP contribution in [0.25, 0.3) is 0 Å². The highest BCUT2D eigenvalue weighted by atomic mass is 15.4. The van der Waals surface area contributed by atoms with E-state index < -0.39 is 0 Å². The van der Waals surface area contributed by atoms with Crippen LogP contribution >= 0.6 is 0 Å². The summed E-state index contributed by atoms with van der Waals surface area (Å²) in [6.45, 7) is 5.79. The summed E-state index contributed by atoms with van der Waals surface area (Å²) in [6.07, 6.45) is 6.06. The Balaban J connectivity index is 1.70. The molecule has 2 N–H and O–H groups in total. The van der Waals surface area contributed by atoms with E-state index in [0.29, 0.717) is 6.04 Å².